The Balaban J connectivity index is 2.01. The van der Waals surface area contributed by atoms with Gasteiger partial charge in [0, 0.05) is 24.2 Å². The molecule has 0 aliphatic carbocycles. The van der Waals surface area contributed by atoms with Crippen LogP contribution >= 0.6 is 15.9 Å². The number of rotatable bonds is 6. The number of likely N-dealkylation sites (N-methyl/N-ethyl adjacent to an activating group) is 1. The van der Waals surface area contributed by atoms with Crippen LogP contribution in [-0.4, -0.2) is 32.4 Å². The molecule has 1 heterocycles. The fourth-order valence-electron chi connectivity index (χ4n) is 2.27. The van der Waals surface area contributed by atoms with Crippen LogP contribution in [0.3, 0.4) is 0 Å². The van der Waals surface area contributed by atoms with Crippen LogP contribution in [0.4, 0.5) is 0 Å². The van der Waals surface area contributed by atoms with Gasteiger partial charge >= 0.3 is 0 Å². The van der Waals surface area contributed by atoms with Gasteiger partial charge in [0.15, 0.2) is 0 Å². The maximum absolute atomic E-state index is 6.27. The van der Waals surface area contributed by atoms with Crippen LogP contribution in [0.1, 0.15) is 31.4 Å². The molecule has 1 unspecified atom stereocenters. The van der Waals surface area contributed by atoms with Crippen LogP contribution in [0.15, 0.2) is 28.7 Å². The minimum atomic E-state index is 0.112. The Morgan fingerprint density at radius 2 is 2.21 bits per heavy atom. The SMILES string of the molecule is CCNCC(OC1CCOCC1)c1cccc(Br)c1. The summed E-state index contributed by atoms with van der Waals surface area (Å²) >= 11 is 3.53. The summed E-state index contributed by atoms with van der Waals surface area (Å²) in [6, 6.07) is 8.38. The van der Waals surface area contributed by atoms with Crippen LogP contribution in [0.2, 0.25) is 0 Å². The van der Waals surface area contributed by atoms with Gasteiger partial charge in [0.2, 0.25) is 0 Å². The standard InChI is InChI=1S/C15H22BrNO2/c1-2-17-11-15(12-4-3-5-13(16)10-12)19-14-6-8-18-9-7-14/h3-5,10,14-15,17H,2,6-9,11H2,1H3. The van der Waals surface area contributed by atoms with E-state index in [1.54, 1.807) is 0 Å². The molecule has 1 N–H and O–H groups in total. The third-order valence-electron chi connectivity index (χ3n) is 3.33. The monoisotopic (exact) mass is 327 g/mol. The van der Waals surface area contributed by atoms with Crippen molar-refractivity contribution >= 4 is 15.9 Å². The lowest BCUT2D eigenvalue weighted by molar-refractivity contribution is -0.0688. The fraction of sp³-hybridized carbons (Fsp3) is 0.600. The molecule has 0 spiro atoms. The first-order chi connectivity index (χ1) is 9.29. The Bertz CT molecular complexity index is 380. The Kier molecular flexibility index (Phi) is 6.31. The molecule has 0 bridgehead atoms. The van der Waals surface area contributed by atoms with Crippen LogP contribution in [0.25, 0.3) is 0 Å². The topological polar surface area (TPSA) is 30.5 Å². The molecule has 1 atom stereocenters. The van der Waals surface area contributed by atoms with E-state index in [9.17, 15) is 0 Å². The molecule has 0 aromatic heterocycles. The first-order valence-electron chi connectivity index (χ1n) is 6.99. The van der Waals surface area contributed by atoms with Gasteiger partial charge < -0.3 is 14.8 Å². The summed E-state index contributed by atoms with van der Waals surface area (Å²) in [4.78, 5) is 0. The summed E-state index contributed by atoms with van der Waals surface area (Å²) in [6.07, 6.45) is 2.42. The van der Waals surface area contributed by atoms with Gasteiger partial charge in [-0.3, -0.25) is 0 Å². The van der Waals surface area contributed by atoms with Gasteiger partial charge in [0.05, 0.1) is 12.2 Å². The molecule has 1 fully saturated rings. The van der Waals surface area contributed by atoms with E-state index in [0.717, 1.165) is 43.6 Å². The lowest BCUT2D eigenvalue weighted by Gasteiger charge is -2.28. The van der Waals surface area contributed by atoms with E-state index < -0.39 is 0 Å². The van der Waals surface area contributed by atoms with Crippen molar-refractivity contribution in [2.45, 2.75) is 32.0 Å². The van der Waals surface area contributed by atoms with E-state index in [2.05, 4.69) is 46.4 Å². The van der Waals surface area contributed by atoms with Crippen molar-refractivity contribution in [1.29, 1.82) is 0 Å². The molecule has 0 saturated carbocycles. The number of benzene rings is 1. The molecule has 1 aromatic rings. The summed E-state index contributed by atoms with van der Waals surface area (Å²) in [7, 11) is 0. The predicted molar refractivity (Wildman–Crippen MR) is 80.4 cm³/mol. The Labute approximate surface area is 123 Å². The number of ether oxygens (including phenoxy) is 2. The zero-order valence-electron chi connectivity index (χ0n) is 11.4. The summed E-state index contributed by atoms with van der Waals surface area (Å²) in [5.41, 5.74) is 1.22. The van der Waals surface area contributed by atoms with Crippen molar-refractivity contribution in [2.75, 3.05) is 26.3 Å². The first-order valence-corrected chi connectivity index (χ1v) is 7.78. The number of halogens is 1. The molecule has 3 nitrogen and oxygen atoms in total. The Morgan fingerprint density at radius 3 is 2.89 bits per heavy atom. The maximum Gasteiger partial charge on any atom is 0.0953 e. The van der Waals surface area contributed by atoms with Gasteiger partial charge in [-0.1, -0.05) is 35.0 Å². The van der Waals surface area contributed by atoms with E-state index in [4.69, 9.17) is 9.47 Å². The third kappa shape index (κ3) is 4.88. The normalized spacial score (nSPS) is 18.4. The van der Waals surface area contributed by atoms with Gasteiger partial charge in [-0.05, 0) is 37.1 Å². The quantitative estimate of drug-likeness (QED) is 0.869. The zero-order valence-corrected chi connectivity index (χ0v) is 13.0. The number of hydrogen-bond acceptors (Lipinski definition) is 3. The summed E-state index contributed by atoms with van der Waals surface area (Å²) in [6.45, 7) is 5.56. The lowest BCUT2D eigenvalue weighted by Crippen LogP contribution is -2.30. The molecule has 106 valence electrons. The van der Waals surface area contributed by atoms with E-state index in [1.165, 1.54) is 5.56 Å². The van der Waals surface area contributed by atoms with E-state index >= 15 is 0 Å². The lowest BCUT2D eigenvalue weighted by atomic mass is 10.1. The summed E-state index contributed by atoms with van der Waals surface area (Å²) in [5.74, 6) is 0. The molecule has 1 saturated heterocycles. The van der Waals surface area contributed by atoms with Crippen molar-refractivity contribution < 1.29 is 9.47 Å². The highest BCUT2D eigenvalue weighted by Crippen LogP contribution is 2.25. The molecule has 1 aliphatic heterocycles. The summed E-state index contributed by atoms with van der Waals surface area (Å²) in [5, 5.41) is 3.38. The number of nitrogens with one attached hydrogen (secondary N) is 1. The molecule has 1 aliphatic rings. The second-order valence-corrected chi connectivity index (χ2v) is 5.71. The molecule has 4 heteroatoms. The van der Waals surface area contributed by atoms with Crippen molar-refractivity contribution in [1.82, 2.24) is 5.32 Å². The highest BCUT2D eigenvalue weighted by Gasteiger charge is 2.20. The number of hydrogen-bond donors (Lipinski definition) is 1. The van der Waals surface area contributed by atoms with E-state index in [0.29, 0.717) is 6.10 Å². The van der Waals surface area contributed by atoms with Gasteiger partial charge in [0.1, 0.15) is 0 Å². The van der Waals surface area contributed by atoms with Crippen LogP contribution in [-0.2, 0) is 9.47 Å². The van der Waals surface area contributed by atoms with E-state index in [-0.39, 0.29) is 6.10 Å². The molecule has 2 rings (SSSR count). The minimum Gasteiger partial charge on any atom is -0.381 e. The second-order valence-electron chi connectivity index (χ2n) is 4.80. The first kappa shape index (κ1) is 15.0. The Hall–Kier alpha value is -0.420. The fourth-order valence-corrected chi connectivity index (χ4v) is 2.69. The highest BCUT2D eigenvalue weighted by molar-refractivity contribution is 9.10. The van der Waals surface area contributed by atoms with E-state index in [1.807, 2.05) is 6.07 Å². The third-order valence-corrected chi connectivity index (χ3v) is 3.82. The van der Waals surface area contributed by atoms with Crippen molar-refractivity contribution in [3.63, 3.8) is 0 Å². The smallest absolute Gasteiger partial charge is 0.0953 e. The van der Waals surface area contributed by atoms with Gasteiger partial charge in [-0.15, -0.1) is 0 Å². The van der Waals surface area contributed by atoms with Gasteiger partial charge in [-0.25, -0.2) is 0 Å². The van der Waals surface area contributed by atoms with Gasteiger partial charge in [0.25, 0.3) is 0 Å². The van der Waals surface area contributed by atoms with Crippen LogP contribution in [0.5, 0.6) is 0 Å². The molecular formula is C15H22BrNO2. The molecule has 0 amide bonds. The minimum absolute atomic E-state index is 0.112. The molecule has 1 aromatic carbocycles. The van der Waals surface area contributed by atoms with Gasteiger partial charge in [-0.2, -0.15) is 0 Å². The Morgan fingerprint density at radius 1 is 1.42 bits per heavy atom. The van der Waals surface area contributed by atoms with Crippen molar-refractivity contribution in [3.05, 3.63) is 34.3 Å². The maximum atomic E-state index is 6.27. The van der Waals surface area contributed by atoms with Crippen molar-refractivity contribution in [2.24, 2.45) is 0 Å². The second kappa shape index (κ2) is 8.00. The summed E-state index contributed by atoms with van der Waals surface area (Å²) < 4.78 is 12.8. The average Bonchev–Trinajstić information content (AvgIpc) is 2.44. The van der Waals surface area contributed by atoms with Crippen LogP contribution in [0, 0.1) is 0 Å². The molecule has 0 radical (unpaired) electrons. The van der Waals surface area contributed by atoms with Crippen molar-refractivity contribution in [3.8, 4) is 0 Å². The van der Waals surface area contributed by atoms with Crippen LogP contribution < -0.4 is 5.32 Å². The molecule has 19 heavy (non-hydrogen) atoms. The highest BCUT2D eigenvalue weighted by atomic mass is 79.9. The average molecular weight is 328 g/mol. The largest absolute Gasteiger partial charge is 0.381 e. The predicted octanol–water partition coefficient (Wildman–Crippen LogP) is 3.30. The zero-order chi connectivity index (χ0) is 13.5. The molecular weight excluding hydrogens is 306 g/mol.